The summed E-state index contributed by atoms with van der Waals surface area (Å²) in [6.45, 7) is -2.89. The van der Waals surface area contributed by atoms with E-state index in [1.165, 1.54) is 12.1 Å². The summed E-state index contributed by atoms with van der Waals surface area (Å²) < 4.78 is 28.4. The van der Waals surface area contributed by atoms with Crippen molar-refractivity contribution in [3.63, 3.8) is 0 Å². The van der Waals surface area contributed by atoms with Crippen LogP contribution in [0, 0.1) is 0 Å². The van der Waals surface area contributed by atoms with Crippen molar-refractivity contribution in [2.75, 3.05) is 0 Å². The average Bonchev–Trinajstić information content (AvgIpc) is 2.33. The Morgan fingerprint density at radius 3 is 2.26 bits per heavy atom. The van der Waals surface area contributed by atoms with Crippen LogP contribution in [0.1, 0.15) is 0 Å². The maximum absolute atomic E-state index is 12.1. The summed E-state index contributed by atoms with van der Waals surface area (Å²) in [7, 11) is 0. The summed E-state index contributed by atoms with van der Waals surface area (Å²) in [4.78, 5) is 0. The first kappa shape index (κ1) is 14.4. The van der Waals surface area contributed by atoms with Crippen LogP contribution in [-0.4, -0.2) is 6.61 Å². The molecule has 0 heterocycles. The zero-order valence-corrected chi connectivity index (χ0v) is 11.6. The van der Waals surface area contributed by atoms with Gasteiger partial charge >= 0.3 is 6.61 Å². The number of benzene rings is 2. The lowest BCUT2D eigenvalue weighted by Gasteiger charge is -2.10. The van der Waals surface area contributed by atoms with Crippen LogP contribution < -0.4 is 4.74 Å². The molecule has 0 aliphatic carbocycles. The zero-order chi connectivity index (χ0) is 14.0. The van der Waals surface area contributed by atoms with Crippen molar-refractivity contribution in [2.24, 2.45) is 0 Å². The number of hydrogen-bond acceptors (Lipinski definition) is 1. The van der Waals surface area contributed by atoms with Crippen LogP contribution in [0.5, 0.6) is 5.75 Å². The summed E-state index contributed by atoms with van der Waals surface area (Å²) in [6, 6.07) is 9.37. The van der Waals surface area contributed by atoms with Crippen LogP contribution in [0.15, 0.2) is 36.4 Å². The summed E-state index contributed by atoms with van der Waals surface area (Å²) in [5, 5.41) is 0.999. The van der Waals surface area contributed by atoms with Gasteiger partial charge in [-0.05, 0) is 24.3 Å². The van der Waals surface area contributed by atoms with Crippen LogP contribution in [0.2, 0.25) is 15.1 Å². The first-order valence-corrected chi connectivity index (χ1v) is 6.31. The highest BCUT2D eigenvalue weighted by molar-refractivity contribution is 6.44. The van der Waals surface area contributed by atoms with E-state index < -0.39 is 6.61 Å². The summed E-state index contributed by atoms with van der Waals surface area (Å²) in [5.41, 5.74) is 1.22. The normalized spacial score (nSPS) is 10.8. The molecule has 0 unspecified atom stereocenters. The molecule has 2 aromatic rings. The van der Waals surface area contributed by atoms with E-state index in [-0.39, 0.29) is 10.8 Å². The van der Waals surface area contributed by atoms with Crippen molar-refractivity contribution >= 4 is 34.8 Å². The lowest BCUT2D eigenvalue weighted by atomic mass is 10.1. The van der Waals surface area contributed by atoms with Crippen LogP contribution >= 0.6 is 34.8 Å². The minimum Gasteiger partial charge on any atom is -0.435 e. The van der Waals surface area contributed by atoms with Crippen molar-refractivity contribution in [3.8, 4) is 16.9 Å². The van der Waals surface area contributed by atoms with Crippen molar-refractivity contribution in [1.82, 2.24) is 0 Å². The molecule has 2 aromatic carbocycles. The Hall–Kier alpha value is -1.03. The Labute approximate surface area is 123 Å². The quantitative estimate of drug-likeness (QED) is 0.681. The van der Waals surface area contributed by atoms with Crippen LogP contribution in [0.25, 0.3) is 11.1 Å². The van der Waals surface area contributed by atoms with E-state index in [9.17, 15) is 8.78 Å². The molecule has 6 heteroatoms. The molecule has 0 bridgehead atoms. The van der Waals surface area contributed by atoms with Crippen LogP contribution in [0.4, 0.5) is 8.78 Å². The van der Waals surface area contributed by atoms with Crippen molar-refractivity contribution < 1.29 is 13.5 Å². The van der Waals surface area contributed by atoms with Crippen molar-refractivity contribution in [2.45, 2.75) is 6.61 Å². The maximum atomic E-state index is 12.1. The summed E-state index contributed by atoms with van der Waals surface area (Å²) in [5.74, 6) is -0.0121. The fraction of sp³-hybridized carbons (Fsp3) is 0.0769. The fourth-order valence-corrected chi connectivity index (χ4v) is 2.28. The Morgan fingerprint density at radius 1 is 0.895 bits per heavy atom. The number of hydrogen-bond donors (Lipinski definition) is 0. The molecule has 0 aromatic heterocycles. The molecule has 19 heavy (non-hydrogen) atoms. The molecule has 2 rings (SSSR count). The number of alkyl halides is 2. The third-order valence-electron chi connectivity index (χ3n) is 2.41. The Balaban J connectivity index is 2.43. The van der Waals surface area contributed by atoms with E-state index in [1.54, 1.807) is 24.3 Å². The van der Waals surface area contributed by atoms with Gasteiger partial charge in [0.15, 0.2) is 0 Å². The lowest BCUT2D eigenvalue weighted by Crippen LogP contribution is -2.01. The van der Waals surface area contributed by atoms with Crippen LogP contribution in [0.3, 0.4) is 0 Å². The molecular formula is C13H7Cl3F2O. The maximum Gasteiger partial charge on any atom is 0.387 e. The van der Waals surface area contributed by atoms with Gasteiger partial charge in [0, 0.05) is 11.1 Å². The fourth-order valence-electron chi connectivity index (χ4n) is 1.60. The van der Waals surface area contributed by atoms with E-state index in [2.05, 4.69) is 4.74 Å². The molecule has 0 amide bonds. The molecule has 100 valence electrons. The van der Waals surface area contributed by atoms with Gasteiger partial charge in [0.05, 0.1) is 15.1 Å². The van der Waals surface area contributed by atoms with Gasteiger partial charge in [-0.3, -0.25) is 0 Å². The van der Waals surface area contributed by atoms with E-state index in [0.717, 1.165) is 0 Å². The topological polar surface area (TPSA) is 9.23 Å². The van der Waals surface area contributed by atoms with Gasteiger partial charge < -0.3 is 4.74 Å². The SMILES string of the molecule is FC(F)Oc1ccc(-c2cccc(Cl)c2Cl)c(Cl)c1. The molecule has 0 fully saturated rings. The number of rotatable bonds is 3. The predicted molar refractivity (Wildman–Crippen MR) is 73.5 cm³/mol. The molecule has 0 saturated carbocycles. The minimum absolute atomic E-state index is 0.0121. The highest BCUT2D eigenvalue weighted by Crippen LogP contribution is 2.38. The Kier molecular flexibility index (Phi) is 4.50. The van der Waals surface area contributed by atoms with Gasteiger partial charge in [-0.25, -0.2) is 0 Å². The molecule has 0 aliphatic rings. The second-order valence-corrected chi connectivity index (χ2v) is 4.81. The molecule has 0 saturated heterocycles. The predicted octanol–water partition coefficient (Wildman–Crippen LogP) is 5.92. The van der Waals surface area contributed by atoms with Crippen molar-refractivity contribution in [1.29, 1.82) is 0 Å². The molecule has 0 atom stereocenters. The second kappa shape index (κ2) is 5.95. The second-order valence-electron chi connectivity index (χ2n) is 3.62. The molecular weight excluding hydrogens is 316 g/mol. The zero-order valence-electron chi connectivity index (χ0n) is 9.34. The molecule has 0 N–H and O–H groups in total. The van der Waals surface area contributed by atoms with Gasteiger partial charge in [-0.2, -0.15) is 8.78 Å². The average molecular weight is 324 g/mol. The van der Waals surface area contributed by atoms with Gasteiger partial charge in [0.25, 0.3) is 0 Å². The van der Waals surface area contributed by atoms with E-state index >= 15 is 0 Å². The van der Waals surface area contributed by atoms with Gasteiger partial charge in [0.1, 0.15) is 5.75 Å². The molecule has 0 aliphatic heterocycles. The standard InChI is InChI=1S/C13H7Cl3F2O/c14-10-3-1-2-9(12(10)16)8-5-4-7(6-11(8)15)19-13(17)18/h1-6,13H. The van der Waals surface area contributed by atoms with Crippen molar-refractivity contribution in [3.05, 3.63) is 51.5 Å². The van der Waals surface area contributed by atoms with Gasteiger partial charge in [-0.1, -0.05) is 46.9 Å². The van der Waals surface area contributed by atoms with E-state index in [4.69, 9.17) is 34.8 Å². The molecule has 1 nitrogen and oxygen atoms in total. The van der Waals surface area contributed by atoms with Gasteiger partial charge in [0.2, 0.25) is 0 Å². The molecule has 0 spiro atoms. The largest absolute Gasteiger partial charge is 0.435 e. The highest BCUT2D eigenvalue weighted by Gasteiger charge is 2.12. The first-order valence-electron chi connectivity index (χ1n) is 5.18. The third-order valence-corrected chi connectivity index (χ3v) is 3.54. The molecule has 0 radical (unpaired) electrons. The number of ether oxygens (including phenoxy) is 1. The number of halogens is 5. The Bertz CT molecular complexity index is 602. The monoisotopic (exact) mass is 322 g/mol. The van der Waals surface area contributed by atoms with Gasteiger partial charge in [-0.15, -0.1) is 0 Å². The van der Waals surface area contributed by atoms with E-state index in [1.807, 2.05) is 0 Å². The third kappa shape index (κ3) is 3.30. The lowest BCUT2D eigenvalue weighted by molar-refractivity contribution is -0.0498. The highest BCUT2D eigenvalue weighted by atomic mass is 35.5. The van der Waals surface area contributed by atoms with E-state index in [0.29, 0.717) is 21.2 Å². The minimum atomic E-state index is -2.89. The smallest absolute Gasteiger partial charge is 0.387 e. The summed E-state index contributed by atoms with van der Waals surface area (Å²) in [6.07, 6.45) is 0. The first-order chi connectivity index (χ1) is 8.99. The summed E-state index contributed by atoms with van der Waals surface area (Å²) >= 11 is 18.0. The Morgan fingerprint density at radius 2 is 1.63 bits per heavy atom. The van der Waals surface area contributed by atoms with Crippen LogP contribution in [-0.2, 0) is 0 Å².